The molecule has 0 amide bonds. The summed E-state index contributed by atoms with van der Waals surface area (Å²) in [5.74, 6) is -0.438. The number of ether oxygens (including phenoxy) is 2. The van der Waals surface area contributed by atoms with Gasteiger partial charge in [-0.15, -0.1) is 0 Å². The summed E-state index contributed by atoms with van der Waals surface area (Å²) in [6.45, 7) is 5.98. The summed E-state index contributed by atoms with van der Waals surface area (Å²) in [4.78, 5) is 6.99. The van der Waals surface area contributed by atoms with Crippen LogP contribution in [0.1, 0.15) is 19.5 Å². The van der Waals surface area contributed by atoms with Crippen LogP contribution in [0.25, 0.3) is 0 Å². The van der Waals surface area contributed by atoms with Gasteiger partial charge < -0.3 is 19.8 Å². The fraction of sp³-hybridized carbons (Fsp3) is 0.700. The maximum absolute atomic E-state index is 5.54. The predicted molar refractivity (Wildman–Crippen MR) is 55.2 cm³/mol. The lowest BCUT2D eigenvalue weighted by molar-refractivity contribution is -0.253. The second-order valence-electron chi connectivity index (χ2n) is 4.18. The summed E-state index contributed by atoms with van der Waals surface area (Å²) in [5.41, 5.74) is 1.07. The highest BCUT2D eigenvalue weighted by atomic mass is 16.7. The molecule has 0 radical (unpaired) electrons. The Labute approximate surface area is 89.2 Å². The Bertz CT molecular complexity index is 288. The molecule has 1 fully saturated rings. The number of imidazole rings is 1. The molecule has 1 saturated heterocycles. The average Bonchev–Trinajstić information content (AvgIpc) is 2.69. The van der Waals surface area contributed by atoms with Crippen molar-refractivity contribution in [2.75, 3.05) is 13.2 Å². The van der Waals surface area contributed by atoms with Gasteiger partial charge in [-0.05, 0) is 13.8 Å². The van der Waals surface area contributed by atoms with Crippen LogP contribution >= 0.6 is 0 Å². The number of aromatic nitrogens is 2. The molecule has 2 heterocycles. The topological polar surface area (TPSA) is 59.2 Å². The number of hydrogen-bond donors (Lipinski definition) is 2. The Morgan fingerprint density at radius 2 is 2.27 bits per heavy atom. The van der Waals surface area contributed by atoms with E-state index in [9.17, 15) is 0 Å². The Morgan fingerprint density at radius 1 is 1.53 bits per heavy atom. The molecule has 0 aromatic carbocycles. The van der Waals surface area contributed by atoms with Crippen LogP contribution in [0.3, 0.4) is 0 Å². The maximum atomic E-state index is 5.54. The second kappa shape index (κ2) is 4.30. The lowest BCUT2D eigenvalue weighted by Gasteiger charge is -2.35. The molecule has 1 aliphatic heterocycles. The highest BCUT2D eigenvalue weighted by molar-refractivity contribution is 4.94. The van der Waals surface area contributed by atoms with Gasteiger partial charge in [0.05, 0.1) is 25.6 Å². The first-order valence-corrected chi connectivity index (χ1v) is 5.14. The van der Waals surface area contributed by atoms with Gasteiger partial charge in [-0.3, -0.25) is 0 Å². The van der Waals surface area contributed by atoms with Crippen molar-refractivity contribution in [2.24, 2.45) is 0 Å². The molecule has 15 heavy (non-hydrogen) atoms. The molecule has 0 aliphatic carbocycles. The second-order valence-corrected chi connectivity index (χ2v) is 4.18. The predicted octanol–water partition coefficient (Wildman–Crippen LogP) is 0.651. The minimum absolute atomic E-state index is 0.251. The van der Waals surface area contributed by atoms with Gasteiger partial charge >= 0.3 is 0 Å². The Balaban J connectivity index is 1.73. The van der Waals surface area contributed by atoms with Crippen molar-refractivity contribution < 1.29 is 9.47 Å². The molecule has 0 saturated carbocycles. The van der Waals surface area contributed by atoms with Gasteiger partial charge in [0.15, 0.2) is 5.79 Å². The molecule has 0 bridgehead atoms. The van der Waals surface area contributed by atoms with Crippen molar-refractivity contribution in [1.82, 2.24) is 15.3 Å². The van der Waals surface area contributed by atoms with Crippen LogP contribution in [0, 0.1) is 0 Å². The average molecular weight is 211 g/mol. The molecule has 2 N–H and O–H groups in total. The van der Waals surface area contributed by atoms with Crippen molar-refractivity contribution in [2.45, 2.75) is 32.2 Å². The van der Waals surface area contributed by atoms with E-state index >= 15 is 0 Å². The van der Waals surface area contributed by atoms with Crippen molar-refractivity contribution in [3.05, 3.63) is 18.2 Å². The van der Waals surface area contributed by atoms with E-state index in [0.29, 0.717) is 13.2 Å². The number of nitrogens with one attached hydrogen (secondary N) is 2. The number of H-pyrrole nitrogens is 1. The molecule has 1 aromatic heterocycles. The molecule has 5 nitrogen and oxygen atoms in total. The highest BCUT2D eigenvalue weighted by Gasteiger charge is 2.27. The summed E-state index contributed by atoms with van der Waals surface area (Å²) < 4.78 is 11.1. The molecule has 0 atom stereocenters. The van der Waals surface area contributed by atoms with Crippen molar-refractivity contribution in [3.8, 4) is 0 Å². The lowest BCUT2D eigenvalue weighted by Crippen LogP contribution is -2.48. The zero-order valence-corrected chi connectivity index (χ0v) is 9.12. The number of nitrogens with zero attached hydrogens (tertiary/aromatic N) is 1. The Morgan fingerprint density at radius 3 is 2.87 bits per heavy atom. The summed E-state index contributed by atoms with van der Waals surface area (Å²) in [6.07, 6.45) is 3.48. The fourth-order valence-electron chi connectivity index (χ4n) is 1.45. The van der Waals surface area contributed by atoms with Gasteiger partial charge in [-0.25, -0.2) is 4.98 Å². The smallest absolute Gasteiger partial charge is 0.162 e. The van der Waals surface area contributed by atoms with Crippen molar-refractivity contribution in [1.29, 1.82) is 0 Å². The van der Waals surface area contributed by atoms with E-state index in [1.54, 1.807) is 6.33 Å². The Hall–Kier alpha value is -0.910. The van der Waals surface area contributed by atoms with Crippen molar-refractivity contribution >= 4 is 0 Å². The first-order valence-electron chi connectivity index (χ1n) is 5.14. The lowest BCUT2D eigenvalue weighted by atomic mass is 10.2. The third-order valence-electron chi connectivity index (χ3n) is 2.40. The molecule has 0 unspecified atom stereocenters. The van der Waals surface area contributed by atoms with Gasteiger partial charge in [0, 0.05) is 18.4 Å². The molecule has 5 heteroatoms. The SMILES string of the molecule is CC1(C)OCC(NCc2cnc[nH]2)CO1. The van der Waals surface area contributed by atoms with E-state index in [0.717, 1.165) is 12.2 Å². The van der Waals surface area contributed by atoms with Crippen LogP contribution in [-0.2, 0) is 16.0 Å². The first kappa shape index (κ1) is 10.6. The summed E-state index contributed by atoms with van der Waals surface area (Å²) in [5, 5.41) is 3.34. The number of hydrogen-bond acceptors (Lipinski definition) is 4. The van der Waals surface area contributed by atoms with E-state index in [-0.39, 0.29) is 6.04 Å². The third kappa shape index (κ3) is 3.02. The van der Waals surface area contributed by atoms with E-state index in [2.05, 4.69) is 15.3 Å². The zero-order valence-electron chi connectivity index (χ0n) is 9.12. The number of rotatable bonds is 3. The zero-order chi connectivity index (χ0) is 10.7. The van der Waals surface area contributed by atoms with E-state index in [1.807, 2.05) is 20.0 Å². The van der Waals surface area contributed by atoms with Gasteiger partial charge in [0.1, 0.15) is 0 Å². The summed E-state index contributed by atoms with van der Waals surface area (Å²) in [6, 6.07) is 0.251. The van der Waals surface area contributed by atoms with E-state index < -0.39 is 5.79 Å². The summed E-state index contributed by atoms with van der Waals surface area (Å²) >= 11 is 0. The van der Waals surface area contributed by atoms with Crippen LogP contribution in [-0.4, -0.2) is 35.0 Å². The standard InChI is InChI=1S/C10H17N3O2/c1-10(2)14-5-9(6-15-10)12-4-8-3-11-7-13-8/h3,7,9,12H,4-6H2,1-2H3,(H,11,13). The molecule has 2 rings (SSSR count). The maximum Gasteiger partial charge on any atom is 0.162 e. The van der Waals surface area contributed by atoms with Crippen LogP contribution in [0.5, 0.6) is 0 Å². The van der Waals surface area contributed by atoms with Gasteiger partial charge in [0.2, 0.25) is 0 Å². The quantitative estimate of drug-likeness (QED) is 0.770. The van der Waals surface area contributed by atoms with E-state index in [1.165, 1.54) is 0 Å². The van der Waals surface area contributed by atoms with Gasteiger partial charge in [-0.1, -0.05) is 0 Å². The normalized spacial score (nSPS) is 21.7. The molecule has 1 aliphatic rings. The highest BCUT2D eigenvalue weighted by Crippen LogP contribution is 2.16. The summed E-state index contributed by atoms with van der Waals surface area (Å²) in [7, 11) is 0. The van der Waals surface area contributed by atoms with Crippen LogP contribution < -0.4 is 5.32 Å². The monoisotopic (exact) mass is 211 g/mol. The fourth-order valence-corrected chi connectivity index (χ4v) is 1.45. The third-order valence-corrected chi connectivity index (χ3v) is 2.40. The first-order chi connectivity index (χ1) is 7.16. The number of aromatic amines is 1. The van der Waals surface area contributed by atoms with Crippen molar-refractivity contribution in [3.63, 3.8) is 0 Å². The van der Waals surface area contributed by atoms with E-state index in [4.69, 9.17) is 9.47 Å². The Kier molecular flexibility index (Phi) is 3.04. The molecular formula is C10H17N3O2. The van der Waals surface area contributed by atoms with Gasteiger partial charge in [0.25, 0.3) is 0 Å². The van der Waals surface area contributed by atoms with Gasteiger partial charge in [-0.2, -0.15) is 0 Å². The van der Waals surface area contributed by atoms with Crippen LogP contribution in [0.4, 0.5) is 0 Å². The van der Waals surface area contributed by atoms with Crippen LogP contribution in [0.15, 0.2) is 12.5 Å². The minimum Gasteiger partial charge on any atom is -0.349 e. The molecular weight excluding hydrogens is 194 g/mol. The molecule has 1 aromatic rings. The largest absolute Gasteiger partial charge is 0.349 e. The minimum atomic E-state index is -0.438. The molecule has 0 spiro atoms. The molecule has 84 valence electrons. The van der Waals surface area contributed by atoms with Crippen LogP contribution in [0.2, 0.25) is 0 Å².